The molecule has 0 heterocycles. The molecule has 0 aliphatic heterocycles. The number of carbonyl (C=O) groups excluding carboxylic acids is 1. The van der Waals surface area contributed by atoms with Crippen molar-refractivity contribution in [3.63, 3.8) is 0 Å². The number of ketones is 1. The normalized spacial score (nSPS) is 42.4. The molecule has 5 rings (SSSR count). The summed E-state index contributed by atoms with van der Waals surface area (Å²) in [6.45, 7) is 11.1. The monoisotopic (exact) mass is 496 g/mol. The van der Waals surface area contributed by atoms with Crippen LogP contribution in [0.4, 0.5) is 0 Å². The molecular weight excluding hydrogens is 456 g/mol. The Balaban J connectivity index is 1.35. The van der Waals surface area contributed by atoms with Crippen LogP contribution < -0.4 is 0 Å². The highest BCUT2D eigenvalue weighted by atomic mass is 35.5. The van der Waals surface area contributed by atoms with Gasteiger partial charge < -0.3 is 9.84 Å². The maximum atomic E-state index is 13.0. The molecule has 3 nitrogen and oxygen atoms in total. The maximum absolute atomic E-state index is 13.0. The number of hydrogen-bond donors (Lipinski definition) is 1. The summed E-state index contributed by atoms with van der Waals surface area (Å²) < 4.78 is 6.12. The zero-order chi connectivity index (χ0) is 25.1. The van der Waals surface area contributed by atoms with Gasteiger partial charge in [-0.1, -0.05) is 55.3 Å². The highest BCUT2D eigenvalue weighted by molar-refractivity contribution is 6.30. The summed E-state index contributed by atoms with van der Waals surface area (Å²) in [4.78, 5) is 13.0. The molecule has 0 saturated heterocycles. The van der Waals surface area contributed by atoms with Crippen molar-refractivity contribution in [1.82, 2.24) is 0 Å². The number of Topliss-reactive ketones (excluding diaryl/α,β-unsaturated/α-hetero) is 1. The second-order valence-electron chi connectivity index (χ2n) is 12.4. The lowest BCUT2D eigenvalue weighted by molar-refractivity contribution is -0.231. The number of allylic oxidation sites excluding steroid dienone is 2. The van der Waals surface area contributed by atoms with Gasteiger partial charge in [-0.2, -0.15) is 0 Å². The Morgan fingerprint density at radius 2 is 1.86 bits per heavy atom. The summed E-state index contributed by atoms with van der Waals surface area (Å²) in [6.07, 6.45) is 12.9. The van der Waals surface area contributed by atoms with Crippen LogP contribution in [-0.2, 0) is 16.1 Å². The number of ether oxygens (including phenoxy) is 1. The number of aliphatic hydroxyl groups is 1. The van der Waals surface area contributed by atoms with Crippen molar-refractivity contribution in [1.29, 1.82) is 0 Å². The van der Waals surface area contributed by atoms with Gasteiger partial charge in [-0.25, -0.2) is 0 Å². The van der Waals surface area contributed by atoms with Crippen LogP contribution in [0.15, 0.2) is 48.6 Å². The van der Waals surface area contributed by atoms with Gasteiger partial charge in [0.1, 0.15) is 5.78 Å². The van der Waals surface area contributed by atoms with E-state index in [0.29, 0.717) is 48.0 Å². The van der Waals surface area contributed by atoms with E-state index in [4.69, 9.17) is 16.3 Å². The minimum absolute atomic E-state index is 0.0625. The van der Waals surface area contributed by atoms with Gasteiger partial charge >= 0.3 is 0 Å². The summed E-state index contributed by atoms with van der Waals surface area (Å²) in [7, 11) is 0. The molecule has 4 heteroatoms. The molecule has 4 aliphatic carbocycles. The van der Waals surface area contributed by atoms with Gasteiger partial charge in [0, 0.05) is 23.3 Å². The van der Waals surface area contributed by atoms with E-state index in [2.05, 4.69) is 26.5 Å². The van der Waals surface area contributed by atoms with Crippen LogP contribution in [0.1, 0.15) is 84.1 Å². The van der Waals surface area contributed by atoms with Crippen LogP contribution >= 0.6 is 11.6 Å². The Bertz CT molecular complexity index is 1030. The topological polar surface area (TPSA) is 46.5 Å². The van der Waals surface area contributed by atoms with E-state index < -0.39 is 5.79 Å². The Labute approximate surface area is 216 Å². The smallest absolute Gasteiger partial charge is 0.169 e. The Hall–Kier alpha value is -1.42. The van der Waals surface area contributed by atoms with Crippen molar-refractivity contribution in [2.45, 2.75) is 91.0 Å². The molecule has 0 radical (unpaired) electrons. The first-order valence-corrected chi connectivity index (χ1v) is 13.9. The molecule has 0 spiro atoms. The second-order valence-corrected chi connectivity index (χ2v) is 12.9. The van der Waals surface area contributed by atoms with Crippen LogP contribution in [0.5, 0.6) is 0 Å². The van der Waals surface area contributed by atoms with Crippen LogP contribution in [-0.4, -0.2) is 16.7 Å². The first-order valence-electron chi connectivity index (χ1n) is 13.5. The molecule has 0 aromatic heterocycles. The molecule has 1 N–H and O–H groups in total. The lowest BCUT2D eigenvalue weighted by Crippen LogP contribution is -2.55. The van der Waals surface area contributed by atoms with E-state index in [1.165, 1.54) is 12.0 Å². The lowest BCUT2D eigenvalue weighted by atomic mass is 9.45. The standard InChI is InChI=1S/C31H41ClO3/c1-5-14-30(21(2)33)16-13-27-25-11-8-23-19-31(34,35-20-22-6-9-24(32)10-7-22)18-17-28(23,3)26(25)12-15-29(27,30)4/h5-10,25-27,34H,1,11-20H2,2-4H3/t25-,26+,27+,28+,29+,30-,31?/m1/s1. The average molecular weight is 497 g/mol. The Morgan fingerprint density at radius 3 is 2.54 bits per heavy atom. The van der Waals surface area contributed by atoms with Gasteiger partial charge in [0.25, 0.3) is 0 Å². The van der Waals surface area contributed by atoms with Crippen molar-refractivity contribution in [3.8, 4) is 0 Å². The van der Waals surface area contributed by atoms with Crippen molar-refractivity contribution >= 4 is 17.4 Å². The van der Waals surface area contributed by atoms with Gasteiger partial charge in [-0.3, -0.25) is 4.79 Å². The second kappa shape index (κ2) is 8.85. The third-order valence-corrected chi connectivity index (χ3v) is 11.3. The zero-order valence-corrected chi connectivity index (χ0v) is 22.4. The predicted molar refractivity (Wildman–Crippen MR) is 141 cm³/mol. The summed E-state index contributed by atoms with van der Waals surface area (Å²) in [5, 5.41) is 12.1. The average Bonchev–Trinajstić information content (AvgIpc) is 3.13. The minimum atomic E-state index is -1.11. The van der Waals surface area contributed by atoms with Gasteiger partial charge in [-0.15, -0.1) is 6.58 Å². The highest BCUT2D eigenvalue weighted by Gasteiger charge is 2.65. The minimum Gasteiger partial charge on any atom is -0.365 e. The molecule has 0 amide bonds. The SMILES string of the molecule is C=CC[C@]1(C(C)=O)CC[C@H]2[C@@H]3CC=C4CC(O)(OCc5ccc(Cl)cc5)CC[C@]4(C)[C@H]3CC[C@@]21C. The predicted octanol–water partition coefficient (Wildman–Crippen LogP) is 7.66. The van der Waals surface area contributed by atoms with Crippen LogP contribution in [0.3, 0.4) is 0 Å². The Morgan fingerprint density at radius 1 is 1.14 bits per heavy atom. The largest absolute Gasteiger partial charge is 0.365 e. The molecular formula is C31H41ClO3. The van der Waals surface area contributed by atoms with Crippen molar-refractivity contribution < 1.29 is 14.6 Å². The maximum Gasteiger partial charge on any atom is 0.169 e. The molecule has 35 heavy (non-hydrogen) atoms. The number of fused-ring (bicyclic) bond motifs is 5. The molecule has 1 unspecified atom stereocenters. The van der Waals surface area contributed by atoms with E-state index in [0.717, 1.165) is 44.1 Å². The van der Waals surface area contributed by atoms with E-state index >= 15 is 0 Å². The summed E-state index contributed by atoms with van der Waals surface area (Å²) >= 11 is 6.01. The van der Waals surface area contributed by atoms with Crippen LogP contribution in [0.2, 0.25) is 5.02 Å². The van der Waals surface area contributed by atoms with Crippen molar-refractivity contribution in [3.05, 3.63) is 59.2 Å². The summed E-state index contributed by atoms with van der Waals surface area (Å²) in [5.74, 6) is 1.08. The molecule has 190 valence electrons. The third-order valence-electron chi connectivity index (χ3n) is 11.1. The summed E-state index contributed by atoms with van der Waals surface area (Å²) in [6, 6.07) is 7.64. The first kappa shape index (κ1) is 25.2. The molecule has 7 atom stereocenters. The Kier molecular flexibility index (Phi) is 6.38. The lowest BCUT2D eigenvalue weighted by Gasteiger charge is -2.60. The van der Waals surface area contributed by atoms with Gasteiger partial charge in [-0.05, 0) is 98.1 Å². The highest BCUT2D eigenvalue weighted by Crippen LogP contribution is 2.70. The van der Waals surface area contributed by atoms with Crippen molar-refractivity contribution in [2.24, 2.45) is 34.0 Å². The van der Waals surface area contributed by atoms with Gasteiger partial charge in [0.05, 0.1) is 6.61 Å². The molecule has 1 aromatic carbocycles. The van der Waals surface area contributed by atoms with Gasteiger partial charge in [0.15, 0.2) is 5.79 Å². The number of halogens is 1. The fourth-order valence-corrected chi connectivity index (χ4v) is 9.10. The number of rotatable bonds is 6. The summed E-state index contributed by atoms with van der Waals surface area (Å²) in [5.41, 5.74) is 2.34. The number of carbonyl (C=O) groups is 1. The molecule has 4 aliphatic rings. The van der Waals surface area contributed by atoms with Crippen molar-refractivity contribution in [2.75, 3.05) is 0 Å². The van der Waals surface area contributed by atoms with Gasteiger partial charge in [0.2, 0.25) is 0 Å². The fourth-order valence-electron chi connectivity index (χ4n) is 8.98. The fraction of sp³-hybridized carbons (Fsp3) is 0.645. The van der Waals surface area contributed by atoms with E-state index in [1.54, 1.807) is 0 Å². The van der Waals surface area contributed by atoms with E-state index in [1.807, 2.05) is 37.3 Å². The number of hydrogen-bond acceptors (Lipinski definition) is 3. The molecule has 0 bridgehead atoms. The third kappa shape index (κ3) is 3.88. The molecule has 3 fully saturated rings. The first-order chi connectivity index (χ1) is 16.6. The van der Waals surface area contributed by atoms with Crippen LogP contribution in [0.25, 0.3) is 0 Å². The molecule has 1 aromatic rings. The molecule has 3 saturated carbocycles. The van der Waals surface area contributed by atoms with E-state index in [-0.39, 0.29) is 16.2 Å². The van der Waals surface area contributed by atoms with Crippen LogP contribution in [0, 0.1) is 34.0 Å². The zero-order valence-electron chi connectivity index (χ0n) is 21.6. The number of benzene rings is 1. The quantitative estimate of drug-likeness (QED) is 0.324. The van der Waals surface area contributed by atoms with E-state index in [9.17, 15) is 9.90 Å².